The number of hydrogen-bond acceptors (Lipinski definition) is 18. The third-order valence-corrected chi connectivity index (χ3v) is 12.3. The van der Waals surface area contributed by atoms with Crippen LogP contribution in [0.1, 0.15) is 0 Å². The number of amides is 1. The first-order valence-corrected chi connectivity index (χ1v) is 21.1. The number of carbonyl (C=O) groups is 1. The van der Waals surface area contributed by atoms with Gasteiger partial charge in [0, 0.05) is 36.9 Å². The van der Waals surface area contributed by atoms with Crippen LogP contribution in [-0.4, -0.2) is 110 Å². The van der Waals surface area contributed by atoms with Crippen LogP contribution in [0.5, 0.6) is 0 Å². The second-order valence-electron chi connectivity index (χ2n) is 5.60. The molecule has 37 heavy (non-hydrogen) atoms. The van der Waals surface area contributed by atoms with E-state index in [9.17, 15) is 4.79 Å². The first-order valence-electron chi connectivity index (χ1n) is 10.5. The molecule has 0 radical (unpaired) electrons. The molecule has 0 aromatic heterocycles. The monoisotopic (exact) mass is 693 g/mol. The Labute approximate surface area is 258 Å². The third kappa shape index (κ3) is 35.2. The molecule has 0 aromatic rings. The van der Waals surface area contributed by atoms with E-state index in [-0.39, 0.29) is 6.61 Å². The molecule has 0 bridgehead atoms. The normalized spacial score (nSPS) is 11.4. The number of nitrogens with one attached hydrogen (secondary N) is 1. The van der Waals surface area contributed by atoms with Crippen LogP contribution in [-0.2, 0) is 24.3 Å². The summed E-state index contributed by atoms with van der Waals surface area (Å²) in [6, 6.07) is 0. The minimum absolute atomic E-state index is 0.173. The highest BCUT2D eigenvalue weighted by Gasteiger charge is 2.01. The predicted octanol–water partition coefficient (Wildman–Crippen LogP) is 5.46. The second-order valence-corrected chi connectivity index (χ2v) is 16.2. The summed E-state index contributed by atoms with van der Waals surface area (Å²) in [5.41, 5.74) is 0. The molecule has 0 unspecified atom stereocenters. The van der Waals surface area contributed by atoms with Crippen molar-refractivity contribution in [1.29, 1.82) is 0 Å². The van der Waals surface area contributed by atoms with Gasteiger partial charge in [-0.05, 0) is 6.26 Å². The van der Waals surface area contributed by atoms with Gasteiger partial charge in [-0.3, -0.25) is 0 Å². The molecule has 0 aliphatic carbocycles. The molecule has 0 aliphatic heterocycles. The highest BCUT2D eigenvalue weighted by atomic mass is 32.2. The summed E-state index contributed by atoms with van der Waals surface area (Å²) in [6.07, 6.45) is 4.28. The van der Waals surface area contributed by atoms with Gasteiger partial charge in [0.2, 0.25) is 12.8 Å². The van der Waals surface area contributed by atoms with E-state index in [0.29, 0.717) is 41.9 Å². The van der Waals surface area contributed by atoms with Gasteiger partial charge in [-0.15, -0.1) is 82.3 Å². The van der Waals surface area contributed by atoms with Crippen molar-refractivity contribution in [2.24, 2.45) is 9.98 Å². The molecule has 0 aromatic carbocycles. The zero-order valence-corrected chi connectivity index (χ0v) is 27.9. The summed E-state index contributed by atoms with van der Waals surface area (Å²) in [4.78, 5) is 39.3. The lowest BCUT2D eigenvalue weighted by molar-refractivity contribution is -0.210. The molecule has 19 heteroatoms. The first kappa shape index (κ1) is 38.2. The smallest absolute Gasteiger partial charge is 0.408 e. The van der Waals surface area contributed by atoms with Gasteiger partial charge in [0.25, 0.3) is 0 Å². The van der Waals surface area contributed by atoms with E-state index in [0.717, 1.165) is 31.2 Å². The quantitative estimate of drug-likeness (QED) is 0.0257. The number of carbonyl (C=O) groups excluding carboxylic acids is 1. The number of aliphatic imine (C=N–C) groups is 2. The Balaban J connectivity index is 3.22. The fraction of sp³-hybridized carbons (Fsp3) is 0.833. The van der Waals surface area contributed by atoms with E-state index in [4.69, 9.17) is 29.4 Å². The van der Waals surface area contributed by atoms with E-state index >= 15 is 0 Å². The van der Waals surface area contributed by atoms with Gasteiger partial charge in [-0.1, -0.05) is 0 Å². The van der Waals surface area contributed by atoms with Crippen molar-refractivity contribution >= 4 is 125 Å². The van der Waals surface area contributed by atoms with Gasteiger partial charge < -0.3 is 24.9 Å². The SMILES string of the molecule is CSCSC/N=C\OOCSCSCSCNC(=O)OCSCSCSC/N=C/OOCCSCCO. The number of aliphatic hydroxyl groups excluding tert-OH is 1. The van der Waals surface area contributed by atoms with Crippen molar-refractivity contribution in [3.8, 4) is 0 Å². The summed E-state index contributed by atoms with van der Waals surface area (Å²) >= 11 is 15.0. The molecule has 0 saturated carbocycles. The van der Waals surface area contributed by atoms with Crippen LogP contribution in [0.2, 0.25) is 0 Å². The molecule has 0 rings (SSSR count). The summed E-state index contributed by atoms with van der Waals surface area (Å²) in [6.45, 7) is 0.628. The van der Waals surface area contributed by atoms with Gasteiger partial charge in [0.15, 0.2) is 0 Å². The van der Waals surface area contributed by atoms with Gasteiger partial charge in [0.1, 0.15) is 18.5 Å². The summed E-state index contributed by atoms with van der Waals surface area (Å²) in [5, 5.41) is 15.8. The van der Waals surface area contributed by atoms with Crippen LogP contribution < -0.4 is 5.32 Å². The second kappa shape index (κ2) is 35.3. The number of aliphatic hydroxyl groups is 1. The lowest BCUT2D eigenvalue weighted by Crippen LogP contribution is -2.23. The van der Waals surface area contributed by atoms with Crippen molar-refractivity contribution in [1.82, 2.24) is 5.32 Å². The van der Waals surface area contributed by atoms with Crippen molar-refractivity contribution in [3.05, 3.63) is 0 Å². The van der Waals surface area contributed by atoms with Crippen LogP contribution in [0.25, 0.3) is 0 Å². The number of ether oxygens (including phenoxy) is 1. The van der Waals surface area contributed by atoms with Crippen LogP contribution >= 0.6 is 106 Å². The molecular formula is C18H35N3O7S9. The molecule has 0 spiro atoms. The Morgan fingerprint density at radius 1 is 0.784 bits per heavy atom. The van der Waals surface area contributed by atoms with Crippen LogP contribution in [0.3, 0.4) is 0 Å². The number of hydrogen-bond donors (Lipinski definition) is 2. The summed E-state index contributed by atoms with van der Waals surface area (Å²) in [5.74, 6) is 3.99. The van der Waals surface area contributed by atoms with Crippen molar-refractivity contribution in [2.45, 2.75) is 0 Å². The highest BCUT2D eigenvalue weighted by Crippen LogP contribution is 2.18. The Morgan fingerprint density at radius 2 is 1.43 bits per heavy atom. The van der Waals surface area contributed by atoms with E-state index in [1.165, 1.54) is 12.8 Å². The van der Waals surface area contributed by atoms with E-state index in [2.05, 4.69) is 21.6 Å². The molecule has 0 atom stereocenters. The zero-order chi connectivity index (χ0) is 26.9. The lowest BCUT2D eigenvalue weighted by Gasteiger charge is -2.06. The summed E-state index contributed by atoms with van der Waals surface area (Å²) < 4.78 is 5.13. The van der Waals surface area contributed by atoms with Crippen LogP contribution in [0, 0.1) is 0 Å². The maximum absolute atomic E-state index is 11.7. The number of thioether (sulfide) groups is 9. The summed E-state index contributed by atoms with van der Waals surface area (Å²) in [7, 11) is 0. The molecule has 0 saturated heterocycles. The van der Waals surface area contributed by atoms with Crippen LogP contribution in [0.4, 0.5) is 4.79 Å². The van der Waals surface area contributed by atoms with Crippen molar-refractivity contribution < 1.29 is 34.2 Å². The largest absolute Gasteiger partial charge is 0.438 e. The fourth-order valence-electron chi connectivity index (χ4n) is 1.48. The number of rotatable bonds is 29. The van der Waals surface area contributed by atoms with Gasteiger partial charge in [-0.2, -0.15) is 33.3 Å². The maximum atomic E-state index is 11.7. The lowest BCUT2D eigenvalue weighted by atomic mass is 10.9. The first-order chi connectivity index (χ1) is 18.3. The third-order valence-electron chi connectivity index (χ3n) is 2.84. The minimum Gasteiger partial charge on any atom is -0.438 e. The Hall–Kier alpha value is 1.24. The van der Waals surface area contributed by atoms with Crippen molar-refractivity contribution in [3.63, 3.8) is 0 Å². The van der Waals surface area contributed by atoms with E-state index in [1.807, 2.05) is 0 Å². The average molecular weight is 694 g/mol. The number of nitrogens with zero attached hydrogens (tertiary/aromatic N) is 2. The standard InChI is InChI=1S/C18H35N3O7S9/c1-29-13-31-8-20-7-27-28-12-35-17-37-15-33-10-21-18(23)24-11-34-16-36-14-32-9-19-6-26-25-3-5-30-4-2-22/h6-7,22H,2-5,8-17H2,1H3,(H,21,23)/b19-6+,20-7-. The molecule has 0 aliphatic rings. The molecule has 1 amide bonds. The maximum Gasteiger partial charge on any atom is 0.408 e. The van der Waals surface area contributed by atoms with Crippen LogP contribution in [0.15, 0.2) is 9.98 Å². The van der Waals surface area contributed by atoms with Gasteiger partial charge in [-0.25, -0.2) is 14.8 Å². The molecule has 0 fully saturated rings. The Kier molecular flexibility index (Phi) is 36.4. The fourth-order valence-corrected chi connectivity index (χ4v) is 8.67. The zero-order valence-electron chi connectivity index (χ0n) is 20.5. The highest BCUT2D eigenvalue weighted by molar-refractivity contribution is 8.23. The van der Waals surface area contributed by atoms with Gasteiger partial charge >= 0.3 is 6.09 Å². The predicted molar refractivity (Wildman–Crippen MR) is 176 cm³/mol. The Morgan fingerprint density at radius 3 is 2.16 bits per heavy atom. The van der Waals surface area contributed by atoms with Crippen molar-refractivity contribution in [2.75, 3.05) is 85.9 Å². The number of alkyl carbamates (subject to hydrolysis) is 1. The topological polar surface area (TPSA) is 120 Å². The van der Waals surface area contributed by atoms with E-state index in [1.54, 1.807) is 106 Å². The molecule has 2 N–H and O–H groups in total. The minimum atomic E-state index is -0.402. The average Bonchev–Trinajstić information content (AvgIpc) is 2.90. The van der Waals surface area contributed by atoms with Gasteiger partial charge in [0.05, 0.1) is 24.2 Å². The molecule has 218 valence electrons. The molecule has 10 nitrogen and oxygen atoms in total. The molecule has 0 heterocycles. The Bertz CT molecular complexity index is 547. The van der Waals surface area contributed by atoms with E-state index < -0.39 is 6.09 Å². The molecular weight excluding hydrogens is 659 g/mol.